The van der Waals surface area contributed by atoms with Gasteiger partial charge < -0.3 is 10.6 Å². The maximum absolute atomic E-state index is 13.7. The van der Waals surface area contributed by atoms with Crippen molar-refractivity contribution in [3.8, 4) is 11.1 Å². The van der Waals surface area contributed by atoms with Gasteiger partial charge in [0, 0.05) is 11.8 Å². The van der Waals surface area contributed by atoms with E-state index in [2.05, 4.69) is 15.6 Å². The molecule has 0 aliphatic carbocycles. The maximum atomic E-state index is 13.7. The van der Waals surface area contributed by atoms with Gasteiger partial charge in [-0.25, -0.2) is 9.37 Å². The van der Waals surface area contributed by atoms with E-state index in [0.717, 1.165) is 5.56 Å². The number of hydrogen-bond donors (Lipinski definition) is 2. The first kappa shape index (κ1) is 23.8. The molecule has 168 valence electrons. The Morgan fingerprint density at radius 2 is 1.78 bits per heavy atom. The van der Waals surface area contributed by atoms with Crippen LogP contribution in [0, 0.1) is 5.82 Å². The summed E-state index contributed by atoms with van der Waals surface area (Å²) in [6.45, 7) is 1.80. The molecule has 3 rings (SSSR count). The van der Waals surface area contributed by atoms with Crippen LogP contribution in [-0.4, -0.2) is 17.1 Å². The number of anilines is 2. The van der Waals surface area contributed by atoms with Crippen LogP contribution in [0.15, 0.2) is 54.7 Å². The molecule has 0 saturated carbocycles. The Kier molecular flexibility index (Phi) is 7.26. The molecule has 0 saturated heterocycles. The van der Waals surface area contributed by atoms with Crippen LogP contribution in [0.3, 0.4) is 0 Å². The molecule has 1 heterocycles. The van der Waals surface area contributed by atoms with Crippen molar-refractivity contribution in [1.82, 2.24) is 4.98 Å². The molecule has 1 aromatic heterocycles. The number of carbonyl (C=O) groups excluding carboxylic acids is 1. The van der Waals surface area contributed by atoms with Crippen LogP contribution in [0.25, 0.3) is 11.1 Å². The highest BCUT2D eigenvalue weighted by Crippen LogP contribution is 2.33. The van der Waals surface area contributed by atoms with Crippen molar-refractivity contribution >= 4 is 40.6 Å². The smallest absolute Gasteiger partial charge is 0.362 e. The van der Waals surface area contributed by atoms with Gasteiger partial charge in [-0.1, -0.05) is 59.6 Å². The molecule has 10 heteroatoms. The summed E-state index contributed by atoms with van der Waals surface area (Å²) >= 11 is 12.1. The van der Waals surface area contributed by atoms with Gasteiger partial charge in [-0.05, 0) is 30.2 Å². The number of carbonyl (C=O) groups is 1. The zero-order valence-electron chi connectivity index (χ0n) is 16.6. The van der Waals surface area contributed by atoms with Crippen LogP contribution in [0.4, 0.5) is 29.1 Å². The molecule has 2 aromatic carbocycles. The molecule has 1 unspecified atom stereocenters. The largest absolute Gasteiger partial charge is 0.397 e. The van der Waals surface area contributed by atoms with E-state index in [1.54, 1.807) is 43.3 Å². The van der Waals surface area contributed by atoms with Crippen molar-refractivity contribution in [3.63, 3.8) is 0 Å². The third kappa shape index (κ3) is 5.89. The van der Waals surface area contributed by atoms with E-state index in [0.29, 0.717) is 11.1 Å². The normalized spacial score (nSPS) is 12.3. The summed E-state index contributed by atoms with van der Waals surface area (Å²) in [5, 5.41) is 5.27. The molecule has 1 atom stereocenters. The van der Waals surface area contributed by atoms with Gasteiger partial charge >= 0.3 is 6.18 Å². The molecule has 0 bridgehead atoms. The summed E-state index contributed by atoms with van der Waals surface area (Å²) < 4.78 is 51.2. The molecule has 3 aromatic rings. The number of nitrogens with one attached hydrogen (secondary N) is 2. The molecule has 0 fully saturated rings. The average Bonchev–Trinajstić information content (AvgIpc) is 2.71. The Hall–Kier alpha value is -2.84. The highest BCUT2D eigenvalue weighted by Gasteiger charge is 2.31. The van der Waals surface area contributed by atoms with Crippen LogP contribution in [0.5, 0.6) is 0 Å². The van der Waals surface area contributed by atoms with E-state index in [9.17, 15) is 22.4 Å². The minimum absolute atomic E-state index is 0.0220. The predicted octanol–water partition coefficient (Wildman–Crippen LogP) is 7.26. The molecule has 0 radical (unpaired) electrons. The minimum Gasteiger partial charge on any atom is -0.362 e. The number of alkyl halides is 3. The first-order valence-electron chi connectivity index (χ1n) is 9.37. The van der Waals surface area contributed by atoms with Gasteiger partial charge in [0.15, 0.2) is 5.82 Å². The predicted molar refractivity (Wildman–Crippen MR) is 117 cm³/mol. The molecule has 32 heavy (non-hydrogen) atoms. The Morgan fingerprint density at radius 3 is 2.44 bits per heavy atom. The Morgan fingerprint density at radius 1 is 1.09 bits per heavy atom. The van der Waals surface area contributed by atoms with E-state index in [4.69, 9.17) is 23.2 Å². The molecule has 0 spiro atoms. The zero-order chi connectivity index (χ0) is 23.5. The lowest BCUT2D eigenvalue weighted by Crippen LogP contribution is -2.22. The lowest BCUT2D eigenvalue weighted by atomic mass is 10.0. The monoisotopic (exact) mass is 485 g/mol. The highest BCUT2D eigenvalue weighted by molar-refractivity contribution is 6.34. The Bertz CT molecular complexity index is 1120. The van der Waals surface area contributed by atoms with Crippen molar-refractivity contribution in [3.05, 3.63) is 76.2 Å². The molecule has 0 aliphatic rings. The van der Waals surface area contributed by atoms with Crippen LogP contribution >= 0.6 is 23.2 Å². The summed E-state index contributed by atoms with van der Waals surface area (Å²) in [6.07, 6.45) is -4.92. The van der Waals surface area contributed by atoms with Crippen molar-refractivity contribution in [2.24, 2.45) is 0 Å². The number of benzene rings is 2. The summed E-state index contributed by atoms with van der Waals surface area (Å²) in [7, 11) is 0. The van der Waals surface area contributed by atoms with Crippen LogP contribution < -0.4 is 10.6 Å². The summed E-state index contributed by atoms with van der Waals surface area (Å²) in [5.74, 6) is -1.65. The number of halogens is 6. The number of aromatic nitrogens is 1. The fourth-order valence-corrected chi connectivity index (χ4v) is 3.43. The number of nitrogens with zero attached hydrogens (tertiary/aromatic N) is 1. The van der Waals surface area contributed by atoms with Crippen molar-refractivity contribution in [2.45, 2.75) is 25.6 Å². The van der Waals surface area contributed by atoms with Crippen molar-refractivity contribution in [1.29, 1.82) is 0 Å². The van der Waals surface area contributed by atoms with Crippen LogP contribution in [0.1, 0.15) is 24.9 Å². The number of amides is 1. The molecular formula is C22H17Cl2F4N3O. The quantitative estimate of drug-likeness (QED) is 0.361. The van der Waals surface area contributed by atoms with Gasteiger partial charge in [-0.15, -0.1) is 0 Å². The second-order valence-electron chi connectivity index (χ2n) is 6.95. The number of rotatable bonds is 6. The highest BCUT2D eigenvalue weighted by atomic mass is 35.5. The van der Waals surface area contributed by atoms with Crippen LogP contribution in [-0.2, 0) is 4.79 Å². The van der Waals surface area contributed by atoms with Gasteiger partial charge in [-0.2, -0.15) is 13.2 Å². The van der Waals surface area contributed by atoms with E-state index in [1.807, 2.05) is 0 Å². The van der Waals surface area contributed by atoms with E-state index in [-0.39, 0.29) is 27.6 Å². The second-order valence-corrected chi connectivity index (χ2v) is 7.73. The van der Waals surface area contributed by atoms with E-state index in [1.165, 1.54) is 18.3 Å². The second kappa shape index (κ2) is 9.75. The number of pyridine rings is 1. The van der Waals surface area contributed by atoms with Gasteiger partial charge in [0.1, 0.15) is 17.9 Å². The third-order valence-electron chi connectivity index (χ3n) is 4.55. The Labute approximate surface area is 191 Å². The summed E-state index contributed by atoms with van der Waals surface area (Å²) in [4.78, 5) is 15.8. The third-order valence-corrected chi connectivity index (χ3v) is 5.25. The minimum atomic E-state index is -4.65. The first-order chi connectivity index (χ1) is 15.0. The molecule has 0 aliphatic heterocycles. The molecule has 4 nitrogen and oxygen atoms in total. The maximum Gasteiger partial charge on any atom is 0.397 e. The fourth-order valence-electron chi connectivity index (χ4n) is 3.00. The lowest BCUT2D eigenvalue weighted by Gasteiger charge is -2.19. The van der Waals surface area contributed by atoms with E-state index >= 15 is 0 Å². The topological polar surface area (TPSA) is 54.0 Å². The van der Waals surface area contributed by atoms with Crippen molar-refractivity contribution < 1.29 is 22.4 Å². The van der Waals surface area contributed by atoms with E-state index < -0.39 is 24.3 Å². The zero-order valence-corrected chi connectivity index (χ0v) is 18.1. The molecular weight excluding hydrogens is 469 g/mol. The lowest BCUT2D eigenvalue weighted by molar-refractivity contribution is -0.150. The fraction of sp³-hybridized carbons (Fsp3) is 0.182. The van der Waals surface area contributed by atoms with Gasteiger partial charge in [-0.3, -0.25) is 4.79 Å². The molecule has 1 amide bonds. The standard InChI is InChI=1S/C22H17Cl2F4N3O/c1-12(13-5-7-14(8-6-13)15-3-2-4-17(25)19(15)24)30-21-20(16(23)9-10-29-21)31-18(32)11-22(26,27)28/h2-10,12H,11H2,1H3,(H,29,30)(H,31,32). The SMILES string of the molecule is CC(Nc1nccc(Cl)c1NC(=O)CC(F)(F)F)c1ccc(-c2cccc(F)c2Cl)cc1. The summed E-state index contributed by atoms with van der Waals surface area (Å²) in [5.41, 5.74) is 2.02. The summed E-state index contributed by atoms with van der Waals surface area (Å²) in [6, 6.07) is 12.7. The number of hydrogen-bond acceptors (Lipinski definition) is 3. The molecule has 2 N–H and O–H groups in total. The van der Waals surface area contributed by atoms with Gasteiger partial charge in [0.05, 0.1) is 16.1 Å². The van der Waals surface area contributed by atoms with Crippen molar-refractivity contribution in [2.75, 3.05) is 10.6 Å². The van der Waals surface area contributed by atoms with Crippen LogP contribution in [0.2, 0.25) is 10.0 Å². The van der Waals surface area contributed by atoms with Gasteiger partial charge in [0.25, 0.3) is 0 Å². The van der Waals surface area contributed by atoms with Gasteiger partial charge in [0.2, 0.25) is 5.91 Å². The Balaban J connectivity index is 1.79. The first-order valence-corrected chi connectivity index (χ1v) is 10.1. The average molecular weight is 486 g/mol.